The molecule has 1 fully saturated rings. The van der Waals surface area contributed by atoms with Crippen LogP contribution >= 0.6 is 0 Å². The SMILES string of the molecule is Cc1nn(C2CC2)cc1CS(N)(=O)=O. The highest BCUT2D eigenvalue weighted by molar-refractivity contribution is 7.88. The molecule has 1 aliphatic carbocycles. The molecule has 1 heterocycles. The van der Waals surface area contributed by atoms with Crippen LogP contribution in [0, 0.1) is 6.92 Å². The van der Waals surface area contributed by atoms with Crippen LogP contribution in [0.15, 0.2) is 6.20 Å². The molecule has 0 spiro atoms. The Morgan fingerprint density at radius 2 is 2.29 bits per heavy atom. The van der Waals surface area contributed by atoms with Crippen molar-refractivity contribution in [1.82, 2.24) is 9.78 Å². The lowest BCUT2D eigenvalue weighted by Crippen LogP contribution is -2.14. The third-order valence-electron chi connectivity index (χ3n) is 2.30. The normalized spacial score (nSPS) is 17.3. The van der Waals surface area contributed by atoms with Crippen molar-refractivity contribution in [2.45, 2.75) is 31.6 Å². The fraction of sp³-hybridized carbons (Fsp3) is 0.625. The molecule has 1 saturated carbocycles. The summed E-state index contributed by atoms with van der Waals surface area (Å²) in [5.74, 6) is -0.119. The fourth-order valence-electron chi connectivity index (χ4n) is 1.40. The van der Waals surface area contributed by atoms with E-state index in [1.807, 2.05) is 4.68 Å². The summed E-state index contributed by atoms with van der Waals surface area (Å²) in [6.07, 6.45) is 4.06. The van der Waals surface area contributed by atoms with Gasteiger partial charge in [-0.15, -0.1) is 0 Å². The van der Waals surface area contributed by atoms with Crippen LogP contribution in [-0.2, 0) is 15.8 Å². The first kappa shape index (κ1) is 9.67. The van der Waals surface area contributed by atoms with Crippen LogP contribution in [0.2, 0.25) is 0 Å². The predicted molar refractivity (Wildman–Crippen MR) is 52.0 cm³/mol. The van der Waals surface area contributed by atoms with Crippen LogP contribution in [-0.4, -0.2) is 18.2 Å². The zero-order valence-electron chi connectivity index (χ0n) is 7.97. The minimum absolute atomic E-state index is 0.119. The molecule has 0 aromatic carbocycles. The van der Waals surface area contributed by atoms with E-state index >= 15 is 0 Å². The number of nitrogens with zero attached hydrogens (tertiary/aromatic N) is 2. The van der Waals surface area contributed by atoms with Gasteiger partial charge in [0, 0.05) is 11.8 Å². The summed E-state index contributed by atoms with van der Waals surface area (Å²) in [4.78, 5) is 0. The smallest absolute Gasteiger partial charge is 0.213 e. The van der Waals surface area contributed by atoms with Crippen LogP contribution in [0.4, 0.5) is 0 Å². The predicted octanol–water partition coefficient (Wildman–Crippen LogP) is 0.315. The molecule has 0 saturated heterocycles. The number of rotatable bonds is 3. The van der Waals surface area contributed by atoms with Gasteiger partial charge in [0.1, 0.15) is 0 Å². The topological polar surface area (TPSA) is 78.0 Å². The third kappa shape index (κ3) is 2.13. The summed E-state index contributed by atoms with van der Waals surface area (Å²) in [6.45, 7) is 1.80. The van der Waals surface area contributed by atoms with Crippen LogP contribution in [0.1, 0.15) is 30.1 Å². The number of hydrogen-bond donors (Lipinski definition) is 1. The molecule has 5 nitrogen and oxygen atoms in total. The van der Waals surface area contributed by atoms with Gasteiger partial charge in [0.25, 0.3) is 0 Å². The summed E-state index contributed by atoms with van der Waals surface area (Å²) in [7, 11) is -3.44. The molecule has 2 rings (SSSR count). The van der Waals surface area contributed by atoms with Crippen molar-refractivity contribution in [1.29, 1.82) is 0 Å². The van der Waals surface area contributed by atoms with Gasteiger partial charge in [-0.1, -0.05) is 0 Å². The van der Waals surface area contributed by atoms with E-state index in [1.54, 1.807) is 13.1 Å². The maximum Gasteiger partial charge on any atom is 0.213 e. The molecule has 6 heteroatoms. The van der Waals surface area contributed by atoms with Crippen molar-refractivity contribution in [3.05, 3.63) is 17.5 Å². The number of aromatic nitrogens is 2. The van der Waals surface area contributed by atoms with Gasteiger partial charge in [-0.3, -0.25) is 4.68 Å². The molecule has 14 heavy (non-hydrogen) atoms. The monoisotopic (exact) mass is 215 g/mol. The Morgan fingerprint density at radius 1 is 1.64 bits per heavy atom. The molecule has 78 valence electrons. The zero-order valence-corrected chi connectivity index (χ0v) is 8.79. The van der Waals surface area contributed by atoms with Crippen LogP contribution in [0.25, 0.3) is 0 Å². The van der Waals surface area contributed by atoms with Crippen molar-refractivity contribution in [2.24, 2.45) is 5.14 Å². The second-order valence-corrected chi connectivity index (χ2v) is 5.37. The largest absolute Gasteiger partial charge is 0.269 e. The molecule has 2 N–H and O–H groups in total. The lowest BCUT2D eigenvalue weighted by molar-refractivity contribution is 0.596. The Kier molecular flexibility index (Phi) is 2.11. The molecular formula is C8H13N3O2S. The number of hydrogen-bond acceptors (Lipinski definition) is 3. The summed E-state index contributed by atoms with van der Waals surface area (Å²) in [6, 6.07) is 0.475. The minimum Gasteiger partial charge on any atom is -0.269 e. The molecule has 0 radical (unpaired) electrons. The number of aryl methyl sites for hydroxylation is 1. The summed E-state index contributed by atoms with van der Waals surface area (Å²) in [5.41, 5.74) is 1.46. The lowest BCUT2D eigenvalue weighted by Gasteiger charge is -1.94. The van der Waals surface area contributed by atoms with Crippen molar-refractivity contribution in [2.75, 3.05) is 0 Å². The summed E-state index contributed by atoms with van der Waals surface area (Å²) >= 11 is 0. The van der Waals surface area contributed by atoms with Gasteiger partial charge in [0.05, 0.1) is 17.5 Å². The van der Waals surface area contributed by atoms with Gasteiger partial charge in [-0.25, -0.2) is 13.6 Å². The summed E-state index contributed by atoms with van der Waals surface area (Å²) in [5, 5.41) is 9.23. The Balaban J connectivity index is 2.25. The van der Waals surface area contributed by atoms with Gasteiger partial charge in [-0.2, -0.15) is 5.10 Å². The van der Waals surface area contributed by atoms with E-state index < -0.39 is 10.0 Å². The lowest BCUT2D eigenvalue weighted by atomic mass is 10.3. The Morgan fingerprint density at radius 3 is 2.79 bits per heavy atom. The highest BCUT2D eigenvalue weighted by atomic mass is 32.2. The first-order valence-corrected chi connectivity index (χ1v) is 6.22. The second kappa shape index (κ2) is 3.06. The van der Waals surface area contributed by atoms with Crippen LogP contribution in [0.3, 0.4) is 0 Å². The van der Waals surface area contributed by atoms with E-state index in [-0.39, 0.29) is 5.75 Å². The number of primary sulfonamides is 1. The van der Waals surface area contributed by atoms with Gasteiger partial charge in [-0.05, 0) is 19.8 Å². The van der Waals surface area contributed by atoms with Crippen molar-refractivity contribution >= 4 is 10.0 Å². The molecule has 0 unspecified atom stereocenters. The average molecular weight is 215 g/mol. The first-order chi connectivity index (χ1) is 6.46. The zero-order chi connectivity index (χ0) is 10.3. The maximum absolute atomic E-state index is 10.9. The van der Waals surface area contributed by atoms with Gasteiger partial charge >= 0.3 is 0 Å². The number of sulfonamides is 1. The molecule has 0 amide bonds. The molecule has 0 aliphatic heterocycles. The van der Waals surface area contributed by atoms with Crippen molar-refractivity contribution in [3.8, 4) is 0 Å². The Labute approximate surface area is 83.0 Å². The van der Waals surface area contributed by atoms with Gasteiger partial charge in [0.15, 0.2) is 0 Å². The van der Waals surface area contributed by atoms with E-state index in [0.29, 0.717) is 11.6 Å². The molecule has 0 atom stereocenters. The Hall–Kier alpha value is -0.880. The van der Waals surface area contributed by atoms with Crippen molar-refractivity contribution < 1.29 is 8.42 Å². The quantitative estimate of drug-likeness (QED) is 0.788. The highest BCUT2D eigenvalue weighted by Gasteiger charge is 2.25. The van der Waals surface area contributed by atoms with E-state index in [4.69, 9.17) is 5.14 Å². The third-order valence-corrected chi connectivity index (χ3v) is 3.01. The van der Waals surface area contributed by atoms with Crippen molar-refractivity contribution in [3.63, 3.8) is 0 Å². The van der Waals surface area contributed by atoms with Crippen LogP contribution in [0.5, 0.6) is 0 Å². The van der Waals surface area contributed by atoms with Gasteiger partial charge in [0.2, 0.25) is 10.0 Å². The van der Waals surface area contributed by atoms with E-state index in [9.17, 15) is 8.42 Å². The van der Waals surface area contributed by atoms with Gasteiger partial charge < -0.3 is 0 Å². The fourth-order valence-corrected chi connectivity index (χ4v) is 2.12. The number of nitrogens with two attached hydrogens (primary N) is 1. The molecule has 1 aromatic rings. The summed E-state index contributed by atoms with van der Waals surface area (Å²) < 4.78 is 23.6. The minimum atomic E-state index is -3.44. The van der Waals surface area contributed by atoms with E-state index in [1.165, 1.54) is 0 Å². The molecule has 1 aromatic heterocycles. The highest BCUT2D eigenvalue weighted by Crippen LogP contribution is 2.34. The maximum atomic E-state index is 10.9. The molecule has 0 bridgehead atoms. The molecular weight excluding hydrogens is 202 g/mol. The first-order valence-electron chi connectivity index (χ1n) is 4.51. The molecule has 1 aliphatic rings. The second-order valence-electron chi connectivity index (χ2n) is 3.76. The standard InChI is InChI=1S/C8H13N3O2S/c1-6-7(5-14(9,12)13)4-11(10-6)8-2-3-8/h4,8H,2-3,5H2,1H3,(H2,9,12,13). The Bertz CT molecular complexity index is 445. The van der Waals surface area contributed by atoms with E-state index in [0.717, 1.165) is 18.5 Å². The average Bonchev–Trinajstić information content (AvgIpc) is 2.77. The van der Waals surface area contributed by atoms with E-state index in [2.05, 4.69) is 5.10 Å². The van der Waals surface area contributed by atoms with Crippen LogP contribution < -0.4 is 5.14 Å².